The van der Waals surface area contributed by atoms with Crippen LogP contribution < -0.4 is 0 Å². The summed E-state index contributed by atoms with van der Waals surface area (Å²) in [6, 6.07) is 0. The summed E-state index contributed by atoms with van der Waals surface area (Å²) >= 11 is 0. The molecule has 0 radical (unpaired) electrons. The number of phosphoric acid groups is 1. The summed E-state index contributed by atoms with van der Waals surface area (Å²) in [5.74, 6) is -1.44. The fourth-order valence-electron chi connectivity index (χ4n) is 7.53. The number of hydrogen-bond donors (Lipinski definition) is 2. The van der Waals surface area contributed by atoms with E-state index in [0.717, 1.165) is 57.8 Å². The highest BCUT2D eigenvalue weighted by Crippen LogP contribution is 2.43. The van der Waals surface area contributed by atoms with Crippen molar-refractivity contribution in [1.82, 2.24) is 0 Å². The summed E-state index contributed by atoms with van der Waals surface area (Å²) in [7, 11) is -4.72. The molecule has 0 aromatic carbocycles. The average molecular weight is 905 g/mol. The van der Waals surface area contributed by atoms with Crippen molar-refractivity contribution in [2.24, 2.45) is 0 Å². The lowest BCUT2D eigenvalue weighted by Crippen LogP contribution is -2.30. The van der Waals surface area contributed by atoms with Crippen LogP contribution in [0.4, 0.5) is 0 Å². The van der Waals surface area contributed by atoms with Gasteiger partial charge >= 0.3 is 25.7 Å². The third-order valence-corrected chi connectivity index (χ3v) is 12.5. The Hall–Kier alpha value is -1.52. The molecular formula is C50H97O11P. The highest BCUT2D eigenvalue weighted by Gasteiger charge is 2.28. The van der Waals surface area contributed by atoms with E-state index in [-0.39, 0.29) is 25.9 Å². The van der Waals surface area contributed by atoms with Crippen molar-refractivity contribution in [2.45, 2.75) is 277 Å². The van der Waals surface area contributed by atoms with Crippen molar-refractivity contribution in [3.63, 3.8) is 0 Å². The van der Waals surface area contributed by atoms with Crippen LogP contribution in [-0.2, 0) is 42.2 Å². The fraction of sp³-hybridized carbons (Fsp3) is 0.940. The number of phosphoric ester groups is 1. The molecule has 0 spiro atoms. The van der Waals surface area contributed by atoms with Gasteiger partial charge in [-0.15, -0.1) is 0 Å². The second-order valence-corrected chi connectivity index (χ2v) is 19.2. The molecule has 3 unspecified atom stereocenters. The first kappa shape index (κ1) is 60.5. The summed E-state index contributed by atoms with van der Waals surface area (Å²) in [5.41, 5.74) is 0. The lowest BCUT2D eigenvalue weighted by molar-refractivity contribution is -0.161. The summed E-state index contributed by atoms with van der Waals surface area (Å²) in [4.78, 5) is 48.1. The molecule has 12 heteroatoms. The number of carbonyl (C=O) groups excluding carboxylic acids is 3. The van der Waals surface area contributed by atoms with Crippen molar-refractivity contribution in [1.29, 1.82) is 0 Å². The molecular weight excluding hydrogens is 808 g/mol. The SMILES string of the molecule is CCCCCCCCCCCCCCCCCCCC(=O)OC(COC(=O)CCCCCCCCCCC)COP(=O)(O)OCC(CO)OC(=O)CCCCCCCCCCC. The average Bonchev–Trinajstić information content (AvgIpc) is 3.25. The first-order valence-electron chi connectivity index (χ1n) is 25.9. The quantitative estimate of drug-likeness (QED) is 0.0259. The first-order valence-corrected chi connectivity index (χ1v) is 27.4. The van der Waals surface area contributed by atoms with Crippen LogP contribution in [0.1, 0.15) is 265 Å². The Morgan fingerprint density at radius 2 is 0.645 bits per heavy atom. The maximum atomic E-state index is 12.8. The molecule has 2 N–H and O–H groups in total. The molecule has 0 aromatic heterocycles. The lowest BCUT2D eigenvalue weighted by Gasteiger charge is -2.21. The zero-order valence-corrected chi connectivity index (χ0v) is 41.3. The van der Waals surface area contributed by atoms with Gasteiger partial charge in [0.25, 0.3) is 0 Å². The minimum absolute atomic E-state index is 0.178. The molecule has 0 amide bonds. The smallest absolute Gasteiger partial charge is 0.462 e. The molecule has 368 valence electrons. The topological polar surface area (TPSA) is 155 Å². The second kappa shape index (κ2) is 46.0. The molecule has 0 saturated carbocycles. The first-order chi connectivity index (χ1) is 30.2. The zero-order valence-electron chi connectivity index (χ0n) is 40.4. The van der Waals surface area contributed by atoms with E-state index in [1.165, 1.54) is 148 Å². The van der Waals surface area contributed by atoms with E-state index < -0.39 is 57.8 Å². The largest absolute Gasteiger partial charge is 0.472 e. The number of rotatable bonds is 49. The van der Waals surface area contributed by atoms with Crippen LogP contribution in [0.3, 0.4) is 0 Å². The molecule has 3 atom stereocenters. The van der Waals surface area contributed by atoms with Crippen molar-refractivity contribution < 1.29 is 52.2 Å². The minimum Gasteiger partial charge on any atom is -0.462 e. The van der Waals surface area contributed by atoms with Crippen LogP contribution >= 0.6 is 7.82 Å². The molecule has 0 aliphatic carbocycles. The van der Waals surface area contributed by atoms with Crippen molar-refractivity contribution >= 4 is 25.7 Å². The normalized spacial score (nSPS) is 13.4. The highest BCUT2D eigenvalue weighted by molar-refractivity contribution is 7.47. The molecule has 0 aromatic rings. The molecule has 11 nitrogen and oxygen atoms in total. The number of unbranched alkanes of at least 4 members (excludes halogenated alkanes) is 32. The number of aliphatic hydroxyl groups is 1. The van der Waals surface area contributed by atoms with Crippen molar-refractivity contribution in [2.75, 3.05) is 26.4 Å². The van der Waals surface area contributed by atoms with Gasteiger partial charge in [0, 0.05) is 19.3 Å². The van der Waals surface area contributed by atoms with E-state index >= 15 is 0 Å². The minimum atomic E-state index is -4.72. The van der Waals surface area contributed by atoms with Crippen LogP contribution in [-0.4, -0.2) is 66.5 Å². The molecule has 62 heavy (non-hydrogen) atoms. The zero-order chi connectivity index (χ0) is 45.6. The van der Waals surface area contributed by atoms with Gasteiger partial charge in [-0.2, -0.15) is 0 Å². The Labute approximate surface area is 380 Å². The third-order valence-electron chi connectivity index (χ3n) is 11.5. The molecule has 0 bridgehead atoms. The van der Waals surface area contributed by atoms with Gasteiger partial charge in [-0.05, 0) is 19.3 Å². The highest BCUT2D eigenvalue weighted by atomic mass is 31.2. The number of hydrogen-bond acceptors (Lipinski definition) is 10. The van der Waals surface area contributed by atoms with Crippen molar-refractivity contribution in [3.8, 4) is 0 Å². The standard InChI is InChI=1S/C50H97O11P/c1-4-7-10-13-16-19-20-21-22-23-24-25-26-29-32-35-38-41-50(54)61-47(43-57-48(52)39-36-33-30-27-17-14-11-8-5-2)45-59-62(55,56)58-44-46(42-51)60-49(53)40-37-34-31-28-18-15-12-9-6-3/h46-47,51H,4-45H2,1-3H3,(H,55,56). The van der Waals surface area contributed by atoms with E-state index in [4.69, 9.17) is 23.3 Å². The van der Waals surface area contributed by atoms with Crippen LogP contribution in [0.2, 0.25) is 0 Å². The van der Waals surface area contributed by atoms with E-state index in [9.17, 15) is 28.9 Å². The maximum absolute atomic E-state index is 12.8. The number of ether oxygens (including phenoxy) is 3. The Balaban J connectivity index is 4.64. The van der Waals surface area contributed by atoms with Crippen molar-refractivity contribution in [3.05, 3.63) is 0 Å². The summed E-state index contributed by atoms with van der Waals surface area (Å²) in [5, 5.41) is 9.72. The number of esters is 3. The monoisotopic (exact) mass is 905 g/mol. The predicted octanol–water partition coefficient (Wildman–Crippen LogP) is 14.4. The maximum Gasteiger partial charge on any atom is 0.472 e. The van der Waals surface area contributed by atoms with Gasteiger partial charge in [-0.3, -0.25) is 23.4 Å². The second-order valence-electron chi connectivity index (χ2n) is 17.7. The van der Waals surface area contributed by atoms with Gasteiger partial charge in [-0.25, -0.2) is 4.57 Å². The van der Waals surface area contributed by atoms with Gasteiger partial charge in [0.2, 0.25) is 0 Å². The Kier molecular flexibility index (Phi) is 44.9. The van der Waals surface area contributed by atoms with Crippen LogP contribution in [0.15, 0.2) is 0 Å². The van der Waals surface area contributed by atoms with Gasteiger partial charge in [0.15, 0.2) is 6.10 Å². The third kappa shape index (κ3) is 43.7. The Bertz CT molecular complexity index is 1060. The summed E-state index contributed by atoms with van der Waals surface area (Å²) in [6.45, 7) is 4.63. The summed E-state index contributed by atoms with van der Waals surface area (Å²) < 4.78 is 39.2. The van der Waals surface area contributed by atoms with Gasteiger partial charge in [0.1, 0.15) is 12.7 Å². The van der Waals surface area contributed by atoms with Gasteiger partial charge in [-0.1, -0.05) is 226 Å². The Morgan fingerprint density at radius 1 is 0.387 bits per heavy atom. The predicted molar refractivity (Wildman–Crippen MR) is 252 cm³/mol. The molecule has 0 saturated heterocycles. The molecule has 0 heterocycles. The van der Waals surface area contributed by atoms with E-state index in [1.807, 2.05) is 0 Å². The van der Waals surface area contributed by atoms with Gasteiger partial charge < -0.3 is 24.2 Å². The van der Waals surface area contributed by atoms with E-state index in [0.29, 0.717) is 19.3 Å². The summed E-state index contributed by atoms with van der Waals surface area (Å²) in [6.07, 6.45) is 39.4. The molecule has 0 aliphatic rings. The Morgan fingerprint density at radius 3 is 0.952 bits per heavy atom. The van der Waals surface area contributed by atoms with Crippen LogP contribution in [0, 0.1) is 0 Å². The van der Waals surface area contributed by atoms with Crippen LogP contribution in [0.25, 0.3) is 0 Å². The van der Waals surface area contributed by atoms with Gasteiger partial charge in [0.05, 0.1) is 19.8 Å². The lowest BCUT2D eigenvalue weighted by atomic mass is 10.0. The molecule has 0 rings (SSSR count). The number of carbonyl (C=O) groups is 3. The molecule has 0 fully saturated rings. The van der Waals surface area contributed by atoms with E-state index in [1.54, 1.807) is 0 Å². The number of aliphatic hydroxyl groups excluding tert-OH is 1. The molecule has 0 aliphatic heterocycles. The van der Waals surface area contributed by atoms with Crippen LogP contribution in [0.5, 0.6) is 0 Å². The fourth-order valence-corrected chi connectivity index (χ4v) is 8.32. The van der Waals surface area contributed by atoms with E-state index in [2.05, 4.69) is 20.8 Å².